The second kappa shape index (κ2) is 12.4. The lowest BCUT2D eigenvalue weighted by atomic mass is 10.1. The lowest BCUT2D eigenvalue weighted by Crippen LogP contribution is -2.36. The zero-order valence-corrected chi connectivity index (χ0v) is 12.7. The van der Waals surface area contributed by atoms with Gasteiger partial charge < -0.3 is 19.5 Å². The molecule has 0 aliphatic heterocycles. The van der Waals surface area contributed by atoms with Gasteiger partial charge >= 0.3 is 0 Å². The minimum Gasteiger partial charge on any atom is -0.379 e. The summed E-state index contributed by atoms with van der Waals surface area (Å²) in [5, 5.41) is 2.91. The number of ether oxygens (including phenoxy) is 3. The summed E-state index contributed by atoms with van der Waals surface area (Å²) >= 11 is 0. The van der Waals surface area contributed by atoms with Crippen LogP contribution >= 0.6 is 0 Å². The highest BCUT2D eigenvalue weighted by Crippen LogP contribution is 2.03. The lowest BCUT2D eigenvalue weighted by Gasteiger charge is -2.15. The molecule has 0 aliphatic rings. The molecule has 0 fully saturated rings. The summed E-state index contributed by atoms with van der Waals surface area (Å²) in [5.41, 5.74) is 0. The van der Waals surface area contributed by atoms with Gasteiger partial charge in [0.15, 0.2) is 0 Å². The van der Waals surface area contributed by atoms with Crippen molar-refractivity contribution < 1.29 is 19.0 Å². The molecule has 0 saturated heterocycles. The van der Waals surface area contributed by atoms with Gasteiger partial charge in [-0.1, -0.05) is 13.8 Å². The van der Waals surface area contributed by atoms with E-state index in [9.17, 15) is 4.79 Å². The topological polar surface area (TPSA) is 56.8 Å². The zero-order valence-electron chi connectivity index (χ0n) is 12.7. The Labute approximate surface area is 117 Å². The third kappa shape index (κ3) is 13.6. The maximum absolute atomic E-state index is 11.5. The number of carbonyl (C=O) groups excluding carboxylic acids is 1. The van der Waals surface area contributed by atoms with Crippen molar-refractivity contribution in [3.8, 4) is 0 Å². The molecule has 0 radical (unpaired) electrons. The molecule has 0 aliphatic carbocycles. The van der Waals surface area contributed by atoms with E-state index in [-0.39, 0.29) is 18.6 Å². The Morgan fingerprint density at radius 2 is 1.58 bits per heavy atom. The van der Waals surface area contributed by atoms with Crippen LogP contribution in [0.15, 0.2) is 0 Å². The molecule has 5 heteroatoms. The van der Waals surface area contributed by atoms with Crippen LogP contribution in [0.2, 0.25) is 0 Å². The Morgan fingerprint density at radius 3 is 2.16 bits per heavy atom. The minimum atomic E-state index is -0.0672. The minimum absolute atomic E-state index is 0.0672. The van der Waals surface area contributed by atoms with E-state index in [0.717, 1.165) is 6.42 Å². The Hall–Kier alpha value is -0.650. The van der Waals surface area contributed by atoms with Crippen molar-refractivity contribution in [3.05, 3.63) is 0 Å². The van der Waals surface area contributed by atoms with Crippen molar-refractivity contribution in [1.29, 1.82) is 0 Å². The van der Waals surface area contributed by atoms with E-state index in [0.29, 0.717) is 39.0 Å². The average Bonchev–Trinajstić information content (AvgIpc) is 2.31. The van der Waals surface area contributed by atoms with E-state index < -0.39 is 0 Å². The molecule has 1 atom stereocenters. The van der Waals surface area contributed by atoms with Gasteiger partial charge in [0.25, 0.3) is 0 Å². The van der Waals surface area contributed by atoms with Crippen molar-refractivity contribution in [2.45, 2.75) is 40.2 Å². The van der Waals surface area contributed by atoms with Crippen LogP contribution in [0.25, 0.3) is 0 Å². The highest BCUT2D eigenvalue weighted by molar-refractivity contribution is 5.77. The van der Waals surface area contributed by atoms with Crippen molar-refractivity contribution in [3.63, 3.8) is 0 Å². The number of hydrogen-bond acceptors (Lipinski definition) is 4. The summed E-state index contributed by atoms with van der Waals surface area (Å²) in [6.45, 7) is 11.1. The van der Waals surface area contributed by atoms with Crippen molar-refractivity contribution >= 4 is 5.91 Å². The molecular weight excluding hydrogens is 246 g/mol. The molecule has 0 heterocycles. The predicted molar refractivity (Wildman–Crippen MR) is 75.2 cm³/mol. The molecule has 0 aromatic heterocycles. The number of carbonyl (C=O) groups is 1. The van der Waals surface area contributed by atoms with Gasteiger partial charge in [0.1, 0.15) is 6.61 Å². The summed E-state index contributed by atoms with van der Waals surface area (Å²) in [6, 6.07) is 0.193. The van der Waals surface area contributed by atoms with Crippen LogP contribution in [-0.2, 0) is 19.0 Å². The van der Waals surface area contributed by atoms with Gasteiger partial charge in [0.05, 0.1) is 26.4 Å². The van der Waals surface area contributed by atoms with Crippen LogP contribution in [0.5, 0.6) is 0 Å². The fraction of sp³-hybridized carbons (Fsp3) is 0.929. The molecule has 1 N–H and O–H groups in total. The van der Waals surface area contributed by atoms with E-state index >= 15 is 0 Å². The maximum Gasteiger partial charge on any atom is 0.246 e. The van der Waals surface area contributed by atoms with E-state index in [4.69, 9.17) is 14.2 Å². The highest BCUT2D eigenvalue weighted by atomic mass is 16.5. The van der Waals surface area contributed by atoms with Crippen LogP contribution in [0.3, 0.4) is 0 Å². The summed E-state index contributed by atoms with van der Waals surface area (Å²) in [6.07, 6.45) is 0.978. The van der Waals surface area contributed by atoms with Gasteiger partial charge in [0.2, 0.25) is 5.91 Å². The van der Waals surface area contributed by atoms with Crippen molar-refractivity contribution in [2.24, 2.45) is 5.92 Å². The van der Waals surface area contributed by atoms with Gasteiger partial charge in [-0.2, -0.15) is 0 Å². The van der Waals surface area contributed by atoms with Gasteiger partial charge in [0, 0.05) is 12.6 Å². The number of nitrogens with one attached hydrogen (secondary N) is 1. The largest absolute Gasteiger partial charge is 0.379 e. The van der Waals surface area contributed by atoms with Crippen LogP contribution in [0.4, 0.5) is 0 Å². The SMILES string of the molecule is CCOCCOCCOCC(=O)NC(C)CC(C)C. The Morgan fingerprint density at radius 1 is 1.00 bits per heavy atom. The van der Waals surface area contributed by atoms with E-state index in [2.05, 4.69) is 19.2 Å². The molecule has 0 rings (SSSR count). The number of rotatable bonds is 12. The molecule has 5 nitrogen and oxygen atoms in total. The Bertz CT molecular complexity index is 221. The first kappa shape index (κ1) is 18.4. The van der Waals surface area contributed by atoms with Crippen molar-refractivity contribution in [1.82, 2.24) is 5.32 Å². The normalized spacial score (nSPS) is 12.7. The van der Waals surface area contributed by atoms with Gasteiger partial charge in [-0.3, -0.25) is 4.79 Å². The number of amides is 1. The molecular formula is C14H29NO4. The van der Waals surface area contributed by atoms with Crippen LogP contribution in [0.1, 0.15) is 34.1 Å². The zero-order chi connectivity index (χ0) is 14.5. The molecule has 1 unspecified atom stereocenters. The summed E-state index contributed by atoms with van der Waals surface area (Å²) in [5.74, 6) is 0.512. The third-order valence-corrected chi connectivity index (χ3v) is 2.41. The molecule has 0 aromatic carbocycles. The molecule has 0 bridgehead atoms. The summed E-state index contributed by atoms with van der Waals surface area (Å²) in [4.78, 5) is 11.5. The fourth-order valence-electron chi connectivity index (χ4n) is 1.73. The highest BCUT2D eigenvalue weighted by Gasteiger charge is 2.08. The smallest absolute Gasteiger partial charge is 0.246 e. The summed E-state index contributed by atoms with van der Waals surface area (Å²) < 4.78 is 15.6. The summed E-state index contributed by atoms with van der Waals surface area (Å²) in [7, 11) is 0. The van der Waals surface area contributed by atoms with E-state index in [1.165, 1.54) is 0 Å². The molecule has 1 amide bonds. The lowest BCUT2D eigenvalue weighted by molar-refractivity contribution is -0.127. The van der Waals surface area contributed by atoms with Crippen LogP contribution in [0, 0.1) is 5.92 Å². The molecule has 19 heavy (non-hydrogen) atoms. The molecule has 0 spiro atoms. The van der Waals surface area contributed by atoms with Gasteiger partial charge in [-0.05, 0) is 26.2 Å². The molecule has 0 saturated carbocycles. The monoisotopic (exact) mass is 275 g/mol. The standard InChI is InChI=1S/C14H29NO4/c1-5-17-6-7-18-8-9-19-11-14(16)15-13(4)10-12(2)3/h12-13H,5-11H2,1-4H3,(H,15,16). The Kier molecular flexibility index (Phi) is 12.0. The first-order valence-electron chi connectivity index (χ1n) is 7.08. The van der Waals surface area contributed by atoms with Gasteiger partial charge in [-0.25, -0.2) is 0 Å². The van der Waals surface area contributed by atoms with E-state index in [1.807, 2.05) is 13.8 Å². The second-order valence-electron chi connectivity index (χ2n) is 4.96. The van der Waals surface area contributed by atoms with Crippen LogP contribution < -0.4 is 5.32 Å². The Balaban J connectivity index is 3.33. The maximum atomic E-state index is 11.5. The number of hydrogen-bond donors (Lipinski definition) is 1. The second-order valence-corrected chi connectivity index (χ2v) is 4.96. The first-order valence-corrected chi connectivity index (χ1v) is 7.08. The van der Waals surface area contributed by atoms with Gasteiger partial charge in [-0.15, -0.1) is 0 Å². The quantitative estimate of drug-likeness (QED) is 0.550. The predicted octanol–water partition coefficient (Wildman–Crippen LogP) is 1.61. The molecule has 114 valence electrons. The fourth-order valence-corrected chi connectivity index (χ4v) is 1.73. The van der Waals surface area contributed by atoms with E-state index in [1.54, 1.807) is 0 Å². The molecule has 0 aromatic rings. The third-order valence-electron chi connectivity index (χ3n) is 2.41. The first-order chi connectivity index (χ1) is 9.06. The van der Waals surface area contributed by atoms with Crippen molar-refractivity contribution in [2.75, 3.05) is 39.6 Å². The average molecular weight is 275 g/mol. The van der Waals surface area contributed by atoms with Crippen LogP contribution in [-0.4, -0.2) is 51.6 Å².